The molecule has 26 heavy (non-hydrogen) atoms. The summed E-state index contributed by atoms with van der Waals surface area (Å²) in [7, 11) is -3.75. The fourth-order valence-electron chi connectivity index (χ4n) is 3.45. The summed E-state index contributed by atoms with van der Waals surface area (Å²) in [5, 5.41) is 0. The second kappa shape index (κ2) is 6.37. The highest BCUT2D eigenvalue weighted by Crippen LogP contribution is 2.36. The first-order valence-electron chi connectivity index (χ1n) is 8.46. The average Bonchev–Trinajstić information content (AvgIpc) is 3.11. The van der Waals surface area contributed by atoms with Crippen molar-refractivity contribution in [3.05, 3.63) is 89.5 Å². The minimum absolute atomic E-state index is 0.107. The van der Waals surface area contributed by atoms with Crippen molar-refractivity contribution in [2.24, 2.45) is 0 Å². The number of benzene rings is 2. The van der Waals surface area contributed by atoms with Gasteiger partial charge in [0.1, 0.15) is 5.82 Å². The predicted octanol–water partition coefficient (Wildman–Crippen LogP) is 3.73. The molecule has 4 rings (SSSR count). The zero-order chi connectivity index (χ0) is 18.3. The van der Waals surface area contributed by atoms with Gasteiger partial charge in [0, 0.05) is 25.0 Å². The molecule has 1 atom stereocenters. The Bertz CT molecular complexity index is 1020. The fourth-order valence-corrected chi connectivity index (χ4v) is 5.03. The van der Waals surface area contributed by atoms with E-state index in [4.69, 9.17) is 0 Å². The number of hydrogen-bond acceptors (Lipinski definition) is 2. The van der Waals surface area contributed by atoms with Crippen LogP contribution in [-0.2, 0) is 16.6 Å². The molecular weight excluding hydrogens is 351 g/mol. The molecule has 1 aromatic heterocycles. The Morgan fingerprint density at radius 3 is 2.35 bits per heavy atom. The third-order valence-corrected chi connectivity index (χ3v) is 6.69. The fraction of sp³-hybridized carbons (Fsp3) is 0.200. The van der Waals surface area contributed by atoms with Crippen LogP contribution >= 0.6 is 0 Å². The molecule has 0 N–H and O–H groups in total. The van der Waals surface area contributed by atoms with Crippen molar-refractivity contribution in [1.82, 2.24) is 8.87 Å². The second-order valence-corrected chi connectivity index (χ2v) is 8.40. The van der Waals surface area contributed by atoms with E-state index in [1.165, 1.54) is 28.6 Å². The molecule has 0 unspecified atom stereocenters. The Kier molecular flexibility index (Phi) is 4.17. The van der Waals surface area contributed by atoms with Crippen LogP contribution in [0, 0.1) is 12.7 Å². The first kappa shape index (κ1) is 17.0. The number of aryl methyl sites for hydroxylation is 1. The van der Waals surface area contributed by atoms with E-state index < -0.39 is 21.9 Å². The van der Waals surface area contributed by atoms with Gasteiger partial charge in [0.05, 0.1) is 10.9 Å². The number of nitrogens with zero attached hydrogens (tertiary/aromatic N) is 2. The summed E-state index contributed by atoms with van der Waals surface area (Å²) in [5.74, 6) is -0.452. The predicted molar refractivity (Wildman–Crippen MR) is 97.7 cm³/mol. The summed E-state index contributed by atoms with van der Waals surface area (Å²) < 4.78 is 43.4. The molecule has 0 fully saturated rings. The van der Waals surface area contributed by atoms with Crippen LogP contribution in [0.15, 0.2) is 71.8 Å². The van der Waals surface area contributed by atoms with Gasteiger partial charge in [-0.05, 0) is 48.9 Å². The number of fused-ring (bicyclic) bond motifs is 1. The van der Waals surface area contributed by atoms with Crippen LogP contribution in [0.25, 0.3) is 0 Å². The van der Waals surface area contributed by atoms with E-state index in [9.17, 15) is 12.8 Å². The summed E-state index contributed by atoms with van der Waals surface area (Å²) in [4.78, 5) is 0.107. The Labute approximate surface area is 152 Å². The molecule has 2 aromatic carbocycles. The van der Waals surface area contributed by atoms with E-state index in [0.717, 1.165) is 16.8 Å². The van der Waals surface area contributed by atoms with Crippen molar-refractivity contribution in [1.29, 1.82) is 0 Å². The van der Waals surface area contributed by atoms with Crippen LogP contribution in [0.3, 0.4) is 0 Å². The standard InChI is InChI=1S/C20H19FN2O2S/c1-15-4-6-16(7-5-15)20-19-3-2-12-22(19)13-14-23(20)26(24,25)18-10-8-17(21)9-11-18/h2-12,20H,13-14H2,1H3/t20-/m1/s1. The molecule has 0 aliphatic carbocycles. The van der Waals surface area contributed by atoms with Crippen LogP contribution in [-0.4, -0.2) is 23.8 Å². The van der Waals surface area contributed by atoms with Gasteiger partial charge in [0.2, 0.25) is 10.0 Å². The van der Waals surface area contributed by atoms with Crippen molar-refractivity contribution >= 4 is 10.0 Å². The van der Waals surface area contributed by atoms with Crippen molar-refractivity contribution in [3.8, 4) is 0 Å². The van der Waals surface area contributed by atoms with Crippen LogP contribution in [0.5, 0.6) is 0 Å². The minimum Gasteiger partial charge on any atom is -0.348 e. The van der Waals surface area contributed by atoms with Gasteiger partial charge in [-0.25, -0.2) is 12.8 Å². The molecule has 0 amide bonds. The summed E-state index contributed by atoms with van der Waals surface area (Å²) >= 11 is 0. The lowest BCUT2D eigenvalue weighted by atomic mass is 10.0. The van der Waals surface area contributed by atoms with Gasteiger partial charge in [-0.2, -0.15) is 4.31 Å². The summed E-state index contributed by atoms with van der Waals surface area (Å²) in [6.45, 7) is 2.95. The average molecular weight is 370 g/mol. The maximum atomic E-state index is 13.3. The number of aromatic nitrogens is 1. The van der Waals surface area contributed by atoms with Gasteiger partial charge in [0.15, 0.2) is 0 Å². The van der Waals surface area contributed by atoms with Gasteiger partial charge >= 0.3 is 0 Å². The summed E-state index contributed by atoms with van der Waals surface area (Å²) in [6.07, 6.45) is 1.97. The van der Waals surface area contributed by atoms with E-state index in [-0.39, 0.29) is 4.90 Å². The zero-order valence-electron chi connectivity index (χ0n) is 14.3. The molecule has 134 valence electrons. The molecule has 6 heteroatoms. The minimum atomic E-state index is -3.75. The van der Waals surface area contributed by atoms with Crippen molar-refractivity contribution in [2.75, 3.05) is 6.54 Å². The highest BCUT2D eigenvalue weighted by Gasteiger charge is 2.37. The van der Waals surface area contributed by atoms with Gasteiger partial charge < -0.3 is 4.57 Å². The van der Waals surface area contributed by atoms with E-state index >= 15 is 0 Å². The van der Waals surface area contributed by atoms with Crippen LogP contribution < -0.4 is 0 Å². The quantitative estimate of drug-likeness (QED) is 0.705. The van der Waals surface area contributed by atoms with Crippen molar-refractivity contribution in [2.45, 2.75) is 24.4 Å². The van der Waals surface area contributed by atoms with Crippen LogP contribution in [0.1, 0.15) is 22.9 Å². The molecule has 0 saturated carbocycles. The van der Waals surface area contributed by atoms with Gasteiger partial charge in [-0.15, -0.1) is 0 Å². The molecule has 3 aromatic rings. The molecule has 1 aliphatic heterocycles. The summed E-state index contributed by atoms with van der Waals surface area (Å²) in [6, 6.07) is 16.4. The van der Waals surface area contributed by atoms with E-state index in [0.29, 0.717) is 13.1 Å². The highest BCUT2D eigenvalue weighted by molar-refractivity contribution is 7.89. The number of halogens is 1. The summed E-state index contributed by atoms with van der Waals surface area (Å²) in [5.41, 5.74) is 2.97. The Morgan fingerprint density at radius 2 is 1.65 bits per heavy atom. The van der Waals surface area contributed by atoms with Crippen molar-refractivity contribution in [3.63, 3.8) is 0 Å². The third kappa shape index (κ3) is 2.85. The SMILES string of the molecule is Cc1ccc([C@@H]2c3cccn3CCN2S(=O)(=O)c2ccc(F)cc2)cc1. The molecule has 0 spiro atoms. The van der Waals surface area contributed by atoms with E-state index in [1.54, 1.807) is 0 Å². The lowest BCUT2D eigenvalue weighted by molar-refractivity contribution is 0.298. The molecule has 4 nitrogen and oxygen atoms in total. The Hall–Kier alpha value is -2.44. The van der Waals surface area contributed by atoms with Crippen LogP contribution in [0.2, 0.25) is 0 Å². The molecule has 1 aliphatic rings. The Balaban J connectivity index is 1.83. The zero-order valence-corrected chi connectivity index (χ0v) is 15.2. The largest absolute Gasteiger partial charge is 0.348 e. The third-order valence-electron chi connectivity index (χ3n) is 4.81. The smallest absolute Gasteiger partial charge is 0.244 e. The molecule has 0 bridgehead atoms. The van der Waals surface area contributed by atoms with Gasteiger partial charge in [-0.3, -0.25) is 0 Å². The normalized spacial score (nSPS) is 17.8. The van der Waals surface area contributed by atoms with Gasteiger partial charge in [0.25, 0.3) is 0 Å². The molecule has 2 heterocycles. The monoisotopic (exact) mass is 370 g/mol. The maximum absolute atomic E-state index is 13.3. The van der Waals surface area contributed by atoms with Crippen molar-refractivity contribution < 1.29 is 12.8 Å². The number of hydrogen-bond donors (Lipinski definition) is 0. The van der Waals surface area contributed by atoms with E-state index in [1.807, 2.05) is 49.5 Å². The van der Waals surface area contributed by atoms with Gasteiger partial charge in [-0.1, -0.05) is 29.8 Å². The first-order valence-corrected chi connectivity index (χ1v) is 9.90. The lowest BCUT2D eigenvalue weighted by Gasteiger charge is -2.36. The highest BCUT2D eigenvalue weighted by atomic mass is 32.2. The molecule has 0 saturated heterocycles. The lowest BCUT2D eigenvalue weighted by Crippen LogP contribution is -2.42. The van der Waals surface area contributed by atoms with Crippen LogP contribution in [0.4, 0.5) is 4.39 Å². The number of sulfonamides is 1. The number of rotatable bonds is 3. The second-order valence-electron chi connectivity index (χ2n) is 6.51. The topological polar surface area (TPSA) is 42.3 Å². The molecule has 0 radical (unpaired) electrons. The maximum Gasteiger partial charge on any atom is 0.244 e. The first-order chi connectivity index (χ1) is 12.5. The molecular formula is C20H19FN2O2S. The van der Waals surface area contributed by atoms with E-state index in [2.05, 4.69) is 4.57 Å². The Morgan fingerprint density at radius 1 is 0.962 bits per heavy atom.